The lowest BCUT2D eigenvalue weighted by molar-refractivity contribution is 0.699. The van der Waals surface area contributed by atoms with E-state index in [1.165, 1.54) is 23.3 Å². The van der Waals surface area contributed by atoms with Gasteiger partial charge >= 0.3 is 0 Å². The van der Waals surface area contributed by atoms with Crippen LogP contribution in [0.4, 0.5) is 0 Å². The molecule has 4 heteroatoms. The smallest absolute Gasteiger partial charge is 0.262 e. The van der Waals surface area contributed by atoms with Gasteiger partial charge in [-0.2, -0.15) is 0 Å². The van der Waals surface area contributed by atoms with Crippen molar-refractivity contribution in [3.8, 4) is 0 Å². The van der Waals surface area contributed by atoms with Crippen LogP contribution in [0.3, 0.4) is 0 Å². The quantitative estimate of drug-likeness (QED) is 0.713. The molecule has 2 heterocycles. The minimum atomic E-state index is 0.0853. The van der Waals surface area contributed by atoms with Crippen LogP contribution < -0.4 is 5.56 Å². The molecule has 3 nitrogen and oxygen atoms in total. The molecule has 2 aromatic heterocycles. The Bertz CT molecular complexity index is 951. The lowest BCUT2D eigenvalue weighted by Gasteiger charge is -2.10. The molecule has 0 spiro atoms. The molecule has 0 N–H and O–H groups in total. The Morgan fingerprint density at radius 3 is 2.74 bits per heavy atom. The van der Waals surface area contributed by atoms with Gasteiger partial charge in [-0.15, -0.1) is 11.3 Å². The zero-order chi connectivity index (χ0) is 15.8. The minimum absolute atomic E-state index is 0.0853. The summed E-state index contributed by atoms with van der Waals surface area (Å²) in [7, 11) is 1.81. The topological polar surface area (TPSA) is 34.9 Å². The molecule has 0 amide bonds. The monoisotopic (exact) mass is 322 g/mol. The van der Waals surface area contributed by atoms with E-state index in [0.29, 0.717) is 5.82 Å². The Labute approximate surface area is 138 Å². The fraction of sp³-hybridized carbons (Fsp3) is 0.263. The molecule has 0 unspecified atom stereocenters. The normalized spacial score (nSPS) is 14.5. The van der Waals surface area contributed by atoms with E-state index in [-0.39, 0.29) is 5.56 Å². The molecule has 1 aliphatic rings. The van der Waals surface area contributed by atoms with Crippen LogP contribution in [0, 0.1) is 0 Å². The number of rotatable bonds is 2. The second-order valence-electron chi connectivity index (χ2n) is 5.97. The molecule has 23 heavy (non-hydrogen) atoms. The van der Waals surface area contributed by atoms with E-state index in [2.05, 4.69) is 0 Å². The predicted octanol–water partition coefficient (Wildman–Crippen LogP) is 4.04. The standard InChI is InChI=1S/C19H18N2OS/c1-21-16(12-11-13-7-3-2-4-8-13)20-18-17(19(21)22)14-9-5-6-10-15(14)23-18/h2-4,7-8,11-12H,5-6,9-10H2,1H3. The number of nitrogens with zero attached hydrogens (tertiary/aromatic N) is 2. The van der Waals surface area contributed by atoms with E-state index in [0.717, 1.165) is 28.6 Å². The van der Waals surface area contributed by atoms with Crippen LogP contribution in [-0.2, 0) is 19.9 Å². The predicted molar refractivity (Wildman–Crippen MR) is 96.9 cm³/mol. The summed E-state index contributed by atoms with van der Waals surface area (Å²) in [6, 6.07) is 10.1. The second kappa shape index (κ2) is 5.78. The lowest BCUT2D eigenvalue weighted by atomic mass is 9.97. The third kappa shape index (κ3) is 2.53. The highest BCUT2D eigenvalue weighted by atomic mass is 32.1. The Morgan fingerprint density at radius 2 is 1.91 bits per heavy atom. The van der Waals surface area contributed by atoms with E-state index < -0.39 is 0 Å². The summed E-state index contributed by atoms with van der Waals surface area (Å²) in [5.74, 6) is 0.713. The van der Waals surface area contributed by atoms with Crippen molar-refractivity contribution in [1.82, 2.24) is 9.55 Å². The highest BCUT2D eigenvalue weighted by molar-refractivity contribution is 7.18. The van der Waals surface area contributed by atoms with E-state index >= 15 is 0 Å². The summed E-state index contributed by atoms with van der Waals surface area (Å²) >= 11 is 1.70. The van der Waals surface area contributed by atoms with Gasteiger partial charge in [0.25, 0.3) is 5.56 Å². The fourth-order valence-corrected chi connectivity index (χ4v) is 4.44. The molecular formula is C19H18N2OS. The number of hydrogen-bond donors (Lipinski definition) is 0. The Morgan fingerprint density at radius 1 is 1.13 bits per heavy atom. The van der Waals surface area contributed by atoms with Crippen LogP contribution in [0.15, 0.2) is 35.1 Å². The molecule has 0 aliphatic heterocycles. The first-order chi connectivity index (χ1) is 11.2. The summed E-state index contributed by atoms with van der Waals surface area (Å²) in [6.07, 6.45) is 8.44. The van der Waals surface area contributed by atoms with Crippen molar-refractivity contribution in [2.75, 3.05) is 0 Å². The van der Waals surface area contributed by atoms with Gasteiger partial charge in [0.2, 0.25) is 0 Å². The molecule has 1 aromatic carbocycles. The molecular weight excluding hydrogens is 304 g/mol. The zero-order valence-electron chi connectivity index (χ0n) is 13.1. The third-order valence-corrected chi connectivity index (χ3v) is 5.64. The lowest BCUT2D eigenvalue weighted by Crippen LogP contribution is -2.21. The number of thiophene rings is 1. The molecule has 0 bridgehead atoms. The maximum Gasteiger partial charge on any atom is 0.262 e. The first-order valence-corrected chi connectivity index (χ1v) is 8.80. The van der Waals surface area contributed by atoms with Gasteiger partial charge in [0.05, 0.1) is 5.39 Å². The van der Waals surface area contributed by atoms with E-state index in [1.807, 2.05) is 49.5 Å². The summed E-state index contributed by atoms with van der Waals surface area (Å²) < 4.78 is 1.67. The highest BCUT2D eigenvalue weighted by Crippen LogP contribution is 2.33. The van der Waals surface area contributed by atoms with Crippen molar-refractivity contribution < 1.29 is 0 Å². The van der Waals surface area contributed by atoms with Crippen molar-refractivity contribution in [2.24, 2.45) is 7.05 Å². The highest BCUT2D eigenvalue weighted by Gasteiger charge is 2.20. The van der Waals surface area contributed by atoms with Gasteiger partial charge in [-0.25, -0.2) is 4.98 Å². The molecule has 3 aromatic rings. The maximum absolute atomic E-state index is 12.8. The molecule has 0 atom stereocenters. The van der Waals surface area contributed by atoms with E-state index in [9.17, 15) is 4.79 Å². The van der Waals surface area contributed by atoms with Crippen molar-refractivity contribution in [3.05, 3.63) is 62.5 Å². The van der Waals surface area contributed by atoms with Crippen LogP contribution in [0.25, 0.3) is 22.4 Å². The molecule has 0 fully saturated rings. The van der Waals surface area contributed by atoms with E-state index in [1.54, 1.807) is 15.9 Å². The fourth-order valence-electron chi connectivity index (χ4n) is 3.19. The van der Waals surface area contributed by atoms with E-state index in [4.69, 9.17) is 4.98 Å². The largest absolute Gasteiger partial charge is 0.296 e. The van der Waals surface area contributed by atoms with Crippen LogP contribution in [0.1, 0.15) is 34.7 Å². The van der Waals surface area contributed by atoms with Gasteiger partial charge in [0.1, 0.15) is 10.7 Å². The summed E-state index contributed by atoms with van der Waals surface area (Å²) in [6.45, 7) is 0. The van der Waals surface area contributed by atoms with Crippen molar-refractivity contribution in [2.45, 2.75) is 25.7 Å². The first kappa shape index (κ1) is 14.4. The van der Waals surface area contributed by atoms with Crippen LogP contribution >= 0.6 is 11.3 Å². The molecule has 0 saturated carbocycles. The van der Waals surface area contributed by atoms with Crippen LogP contribution in [0.5, 0.6) is 0 Å². The average molecular weight is 322 g/mol. The number of hydrogen-bond acceptors (Lipinski definition) is 3. The van der Waals surface area contributed by atoms with Crippen molar-refractivity contribution in [3.63, 3.8) is 0 Å². The van der Waals surface area contributed by atoms with Gasteiger partial charge in [-0.3, -0.25) is 9.36 Å². The Hall–Kier alpha value is -2.20. The Balaban J connectivity index is 1.84. The number of aryl methyl sites for hydroxylation is 2. The average Bonchev–Trinajstić information content (AvgIpc) is 2.96. The van der Waals surface area contributed by atoms with Gasteiger partial charge < -0.3 is 0 Å². The molecule has 0 saturated heterocycles. The molecule has 116 valence electrons. The van der Waals surface area contributed by atoms with Crippen molar-refractivity contribution in [1.29, 1.82) is 0 Å². The van der Waals surface area contributed by atoms with Crippen LogP contribution in [0.2, 0.25) is 0 Å². The zero-order valence-corrected chi connectivity index (χ0v) is 13.9. The summed E-state index contributed by atoms with van der Waals surface area (Å²) in [5.41, 5.74) is 2.44. The molecule has 4 rings (SSSR count). The number of fused-ring (bicyclic) bond motifs is 3. The SMILES string of the molecule is Cn1c(C=Cc2ccccc2)nc2sc3c(c2c1=O)CCCC3. The van der Waals surface area contributed by atoms with Crippen molar-refractivity contribution >= 4 is 33.7 Å². The molecule has 1 aliphatic carbocycles. The summed E-state index contributed by atoms with van der Waals surface area (Å²) in [5, 5.41) is 0.851. The first-order valence-electron chi connectivity index (χ1n) is 7.98. The van der Waals surface area contributed by atoms with Gasteiger partial charge in [-0.1, -0.05) is 36.4 Å². The number of benzene rings is 1. The summed E-state index contributed by atoms with van der Waals surface area (Å²) in [4.78, 5) is 19.8. The van der Waals surface area contributed by atoms with Gasteiger partial charge in [0, 0.05) is 11.9 Å². The van der Waals surface area contributed by atoms with Crippen LogP contribution in [-0.4, -0.2) is 9.55 Å². The second-order valence-corrected chi connectivity index (χ2v) is 7.05. The third-order valence-electron chi connectivity index (χ3n) is 4.46. The minimum Gasteiger partial charge on any atom is -0.296 e. The molecule has 0 radical (unpaired) electrons. The van der Waals surface area contributed by atoms with Gasteiger partial charge in [-0.05, 0) is 42.9 Å². The van der Waals surface area contributed by atoms with Gasteiger partial charge in [0.15, 0.2) is 0 Å². The number of aromatic nitrogens is 2. The maximum atomic E-state index is 12.8. The Kier molecular flexibility index (Phi) is 3.62.